The van der Waals surface area contributed by atoms with Crippen molar-refractivity contribution >= 4 is 0 Å². The number of nitrogens with two attached hydrogens (primary N) is 1. The van der Waals surface area contributed by atoms with Gasteiger partial charge >= 0.3 is 0 Å². The average Bonchev–Trinajstić information content (AvgIpc) is 2.48. The summed E-state index contributed by atoms with van der Waals surface area (Å²) in [5.74, 6) is 0.894. The van der Waals surface area contributed by atoms with Crippen LogP contribution in [-0.2, 0) is 11.3 Å². The van der Waals surface area contributed by atoms with Crippen molar-refractivity contribution in [2.24, 2.45) is 5.73 Å². The maximum absolute atomic E-state index is 6.02. The normalized spacial score (nSPS) is 18.5. The molecule has 1 aromatic carbocycles. The summed E-state index contributed by atoms with van der Waals surface area (Å²) in [6.07, 6.45) is 2.02. The van der Waals surface area contributed by atoms with Gasteiger partial charge in [-0.3, -0.25) is 4.90 Å². The lowest BCUT2D eigenvalue weighted by molar-refractivity contribution is -0.0163. The van der Waals surface area contributed by atoms with Gasteiger partial charge in [0.2, 0.25) is 0 Å². The Labute approximate surface area is 115 Å². The van der Waals surface area contributed by atoms with E-state index in [0.29, 0.717) is 6.54 Å². The van der Waals surface area contributed by atoms with Crippen LogP contribution in [0.5, 0.6) is 5.75 Å². The van der Waals surface area contributed by atoms with Crippen molar-refractivity contribution in [2.75, 3.05) is 33.9 Å². The summed E-state index contributed by atoms with van der Waals surface area (Å²) < 4.78 is 10.6. The van der Waals surface area contributed by atoms with E-state index < -0.39 is 0 Å². The predicted octanol–water partition coefficient (Wildman–Crippen LogP) is 1.63. The van der Waals surface area contributed by atoms with E-state index >= 15 is 0 Å². The molecule has 106 valence electrons. The molecule has 1 heterocycles. The summed E-state index contributed by atoms with van der Waals surface area (Å²) in [5, 5.41) is 0. The fourth-order valence-corrected chi connectivity index (χ4v) is 2.67. The van der Waals surface area contributed by atoms with Gasteiger partial charge in [-0.05, 0) is 37.6 Å². The quantitative estimate of drug-likeness (QED) is 0.878. The molecule has 1 aliphatic heterocycles. The highest BCUT2D eigenvalue weighted by atomic mass is 16.5. The summed E-state index contributed by atoms with van der Waals surface area (Å²) >= 11 is 0. The van der Waals surface area contributed by atoms with E-state index in [1.54, 1.807) is 7.11 Å². The molecular weight excluding hydrogens is 240 g/mol. The molecule has 4 nitrogen and oxygen atoms in total. The van der Waals surface area contributed by atoms with Gasteiger partial charge in [-0.15, -0.1) is 0 Å². The molecule has 0 saturated carbocycles. The molecule has 0 aliphatic carbocycles. The first-order valence-electron chi connectivity index (χ1n) is 6.82. The minimum absolute atomic E-state index is 0.0815. The zero-order valence-corrected chi connectivity index (χ0v) is 11.9. The van der Waals surface area contributed by atoms with Gasteiger partial charge in [-0.25, -0.2) is 0 Å². The lowest BCUT2D eigenvalue weighted by Crippen LogP contribution is -2.54. The number of benzene rings is 1. The van der Waals surface area contributed by atoms with Crippen molar-refractivity contribution in [1.82, 2.24) is 4.90 Å². The minimum Gasteiger partial charge on any atom is -0.497 e. The van der Waals surface area contributed by atoms with Crippen molar-refractivity contribution in [1.29, 1.82) is 0 Å². The SMILES string of the molecule is COc1ccc(CN(C)C2(CN)CCOCC2)cc1. The second-order valence-electron chi connectivity index (χ2n) is 5.24. The first-order chi connectivity index (χ1) is 9.20. The molecule has 0 radical (unpaired) electrons. The van der Waals surface area contributed by atoms with E-state index in [2.05, 4.69) is 24.1 Å². The van der Waals surface area contributed by atoms with Crippen molar-refractivity contribution in [3.8, 4) is 5.75 Å². The van der Waals surface area contributed by atoms with E-state index in [9.17, 15) is 0 Å². The van der Waals surface area contributed by atoms with Crippen LogP contribution in [0.25, 0.3) is 0 Å². The van der Waals surface area contributed by atoms with Crippen LogP contribution in [0.4, 0.5) is 0 Å². The van der Waals surface area contributed by atoms with Crippen LogP contribution in [0.1, 0.15) is 18.4 Å². The average molecular weight is 264 g/mol. The predicted molar refractivity (Wildman–Crippen MR) is 76.3 cm³/mol. The van der Waals surface area contributed by atoms with E-state index in [1.807, 2.05) is 12.1 Å². The van der Waals surface area contributed by atoms with Crippen LogP contribution in [0, 0.1) is 0 Å². The smallest absolute Gasteiger partial charge is 0.118 e. The fourth-order valence-electron chi connectivity index (χ4n) is 2.67. The first-order valence-corrected chi connectivity index (χ1v) is 6.82. The van der Waals surface area contributed by atoms with Crippen LogP contribution in [-0.4, -0.2) is 44.4 Å². The largest absolute Gasteiger partial charge is 0.497 e. The van der Waals surface area contributed by atoms with Gasteiger partial charge in [-0.1, -0.05) is 12.1 Å². The van der Waals surface area contributed by atoms with Crippen molar-refractivity contribution in [2.45, 2.75) is 24.9 Å². The second kappa shape index (κ2) is 6.37. The summed E-state index contributed by atoms with van der Waals surface area (Å²) in [7, 11) is 3.84. The standard InChI is InChI=1S/C15H24N2O2/c1-17(15(12-16)7-9-19-10-8-15)11-13-3-5-14(18-2)6-4-13/h3-6H,7-12,16H2,1-2H3. The van der Waals surface area contributed by atoms with Crippen molar-refractivity contribution < 1.29 is 9.47 Å². The number of likely N-dealkylation sites (N-methyl/N-ethyl adjacent to an activating group) is 1. The summed E-state index contributed by atoms with van der Waals surface area (Å²) in [6.45, 7) is 3.21. The Hall–Kier alpha value is -1.10. The number of ether oxygens (including phenoxy) is 2. The zero-order chi connectivity index (χ0) is 13.7. The third-order valence-corrected chi connectivity index (χ3v) is 4.19. The number of methoxy groups -OCH3 is 1. The number of rotatable bonds is 5. The van der Waals surface area contributed by atoms with Gasteiger partial charge in [-0.2, -0.15) is 0 Å². The molecule has 19 heavy (non-hydrogen) atoms. The van der Waals surface area contributed by atoms with Crippen LogP contribution < -0.4 is 10.5 Å². The second-order valence-corrected chi connectivity index (χ2v) is 5.24. The zero-order valence-electron chi connectivity index (χ0n) is 11.9. The molecule has 1 saturated heterocycles. The van der Waals surface area contributed by atoms with Crippen LogP contribution >= 0.6 is 0 Å². The number of hydrogen-bond acceptors (Lipinski definition) is 4. The van der Waals surface area contributed by atoms with Crippen LogP contribution in [0.15, 0.2) is 24.3 Å². The van der Waals surface area contributed by atoms with E-state index in [1.165, 1.54) is 5.56 Å². The molecule has 0 atom stereocenters. The number of nitrogens with zero attached hydrogens (tertiary/aromatic N) is 1. The Morgan fingerprint density at radius 3 is 2.42 bits per heavy atom. The van der Waals surface area contributed by atoms with E-state index in [4.69, 9.17) is 15.2 Å². The highest BCUT2D eigenvalue weighted by Gasteiger charge is 2.35. The highest BCUT2D eigenvalue weighted by Crippen LogP contribution is 2.27. The molecule has 0 aromatic heterocycles. The Kier molecular flexibility index (Phi) is 4.80. The fraction of sp³-hybridized carbons (Fsp3) is 0.600. The summed E-state index contributed by atoms with van der Waals surface area (Å²) in [6, 6.07) is 8.22. The molecule has 1 fully saturated rings. The third kappa shape index (κ3) is 3.26. The Balaban J connectivity index is 2.03. The van der Waals surface area contributed by atoms with Gasteiger partial charge in [0.15, 0.2) is 0 Å². The molecule has 4 heteroatoms. The molecule has 1 aromatic rings. The molecule has 0 amide bonds. The Morgan fingerprint density at radius 2 is 1.89 bits per heavy atom. The maximum atomic E-state index is 6.02. The van der Waals surface area contributed by atoms with Crippen molar-refractivity contribution in [3.05, 3.63) is 29.8 Å². The molecular formula is C15H24N2O2. The number of hydrogen-bond donors (Lipinski definition) is 1. The summed E-state index contributed by atoms with van der Waals surface area (Å²) in [4.78, 5) is 2.37. The highest BCUT2D eigenvalue weighted by molar-refractivity contribution is 5.27. The summed E-state index contributed by atoms with van der Waals surface area (Å²) in [5.41, 5.74) is 7.38. The van der Waals surface area contributed by atoms with Crippen molar-refractivity contribution in [3.63, 3.8) is 0 Å². The minimum atomic E-state index is 0.0815. The molecule has 2 N–H and O–H groups in total. The first kappa shape index (κ1) is 14.3. The Morgan fingerprint density at radius 1 is 1.26 bits per heavy atom. The monoisotopic (exact) mass is 264 g/mol. The molecule has 0 spiro atoms. The molecule has 0 bridgehead atoms. The van der Waals surface area contributed by atoms with Crippen LogP contribution in [0.2, 0.25) is 0 Å². The lowest BCUT2D eigenvalue weighted by Gasteiger charge is -2.44. The van der Waals surface area contributed by atoms with Gasteiger partial charge in [0, 0.05) is 31.8 Å². The topological polar surface area (TPSA) is 47.7 Å². The molecule has 0 unspecified atom stereocenters. The third-order valence-electron chi connectivity index (χ3n) is 4.19. The van der Waals surface area contributed by atoms with Crippen LogP contribution in [0.3, 0.4) is 0 Å². The van der Waals surface area contributed by atoms with Gasteiger partial charge in [0.25, 0.3) is 0 Å². The maximum Gasteiger partial charge on any atom is 0.118 e. The van der Waals surface area contributed by atoms with Gasteiger partial charge in [0.1, 0.15) is 5.75 Å². The lowest BCUT2D eigenvalue weighted by atomic mass is 9.88. The van der Waals surface area contributed by atoms with E-state index in [-0.39, 0.29) is 5.54 Å². The Bertz CT molecular complexity index is 386. The molecule has 2 rings (SSSR count). The van der Waals surface area contributed by atoms with Gasteiger partial charge in [0.05, 0.1) is 7.11 Å². The van der Waals surface area contributed by atoms with Gasteiger partial charge < -0.3 is 15.2 Å². The molecule has 1 aliphatic rings. The van der Waals surface area contributed by atoms with E-state index in [0.717, 1.165) is 38.3 Å².